The summed E-state index contributed by atoms with van der Waals surface area (Å²) in [7, 11) is 0. The molecule has 0 saturated carbocycles. The number of rotatable bonds is 3. The van der Waals surface area contributed by atoms with E-state index in [0.29, 0.717) is 17.2 Å². The maximum Gasteiger partial charge on any atom is 0.252 e. The number of hydrogen-bond acceptors (Lipinski definition) is 4. The monoisotopic (exact) mass is 329 g/mol. The van der Waals surface area contributed by atoms with E-state index in [1.165, 1.54) is 6.21 Å². The van der Waals surface area contributed by atoms with E-state index in [2.05, 4.69) is 15.5 Å². The number of hydrazone groups is 1. The number of para-hydroxylation sites is 2. The molecule has 1 N–H and O–H groups in total. The smallest absolute Gasteiger partial charge is 0.252 e. The highest BCUT2D eigenvalue weighted by Gasteiger charge is 2.32. The van der Waals surface area contributed by atoms with Crippen LogP contribution in [0.4, 0.5) is 0 Å². The van der Waals surface area contributed by atoms with Crippen LogP contribution >= 0.6 is 0 Å². The van der Waals surface area contributed by atoms with Crippen molar-refractivity contribution < 1.29 is 9.53 Å². The lowest BCUT2D eigenvalue weighted by atomic mass is 9.87. The van der Waals surface area contributed by atoms with Crippen LogP contribution in [0.3, 0.4) is 0 Å². The van der Waals surface area contributed by atoms with Gasteiger partial charge in [0, 0.05) is 17.3 Å². The largest absolute Gasteiger partial charge is 0.457 e. The first kappa shape index (κ1) is 15.1. The van der Waals surface area contributed by atoms with Gasteiger partial charge in [0.15, 0.2) is 0 Å². The van der Waals surface area contributed by atoms with Crippen LogP contribution in [0.5, 0.6) is 11.5 Å². The van der Waals surface area contributed by atoms with Gasteiger partial charge in [0.2, 0.25) is 0 Å². The molecule has 0 atom stereocenters. The number of carbonyl (C=O) groups is 1. The molecule has 0 saturated heterocycles. The summed E-state index contributed by atoms with van der Waals surface area (Å²) in [6, 6.07) is 20.6. The average Bonchev–Trinajstić information content (AvgIpc) is 2.66. The summed E-state index contributed by atoms with van der Waals surface area (Å²) >= 11 is 0. The standard InChI is InChI=1S/C20H15N3O2/c24-20(23-22-13-14-7-5-6-12-21-14)19-15-8-1-3-10-17(15)25-18-11-4-2-9-16(18)19/h1-13,19H,(H,23,24)/b22-13+. The minimum absolute atomic E-state index is 0.213. The van der Waals surface area contributed by atoms with Crippen molar-refractivity contribution in [1.82, 2.24) is 10.4 Å². The van der Waals surface area contributed by atoms with Crippen molar-refractivity contribution in [3.8, 4) is 11.5 Å². The Kier molecular flexibility index (Phi) is 3.96. The Morgan fingerprint density at radius 3 is 2.24 bits per heavy atom. The van der Waals surface area contributed by atoms with Crippen LogP contribution in [0.15, 0.2) is 78.0 Å². The van der Waals surface area contributed by atoms with E-state index in [4.69, 9.17) is 4.74 Å². The SMILES string of the molecule is O=C(N/N=C/c1ccccn1)C1c2ccccc2Oc2ccccc21. The molecule has 1 aromatic heterocycles. The quantitative estimate of drug-likeness (QED) is 0.591. The van der Waals surface area contributed by atoms with Gasteiger partial charge in [-0.2, -0.15) is 5.10 Å². The zero-order valence-electron chi connectivity index (χ0n) is 13.3. The van der Waals surface area contributed by atoms with E-state index < -0.39 is 5.92 Å². The molecule has 0 radical (unpaired) electrons. The van der Waals surface area contributed by atoms with Crippen LogP contribution in [-0.2, 0) is 4.79 Å². The molecule has 5 nitrogen and oxygen atoms in total. The van der Waals surface area contributed by atoms with Crippen molar-refractivity contribution in [3.63, 3.8) is 0 Å². The molecule has 0 bridgehead atoms. The number of hydrogen-bond donors (Lipinski definition) is 1. The normalized spacial score (nSPS) is 13.0. The van der Waals surface area contributed by atoms with Gasteiger partial charge in [-0.25, -0.2) is 5.43 Å². The van der Waals surface area contributed by atoms with Gasteiger partial charge in [-0.15, -0.1) is 0 Å². The van der Waals surface area contributed by atoms with Gasteiger partial charge in [-0.05, 0) is 24.3 Å². The van der Waals surface area contributed by atoms with Crippen molar-refractivity contribution >= 4 is 12.1 Å². The van der Waals surface area contributed by atoms with Crippen molar-refractivity contribution in [1.29, 1.82) is 0 Å². The maximum atomic E-state index is 12.8. The van der Waals surface area contributed by atoms with Gasteiger partial charge in [0.25, 0.3) is 5.91 Å². The second kappa shape index (κ2) is 6.57. The topological polar surface area (TPSA) is 63.6 Å². The summed E-state index contributed by atoms with van der Waals surface area (Å²) in [5, 5.41) is 4.03. The predicted molar refractivity (Wildman–Crippen MR) is 94.8 cm³/mol. The van der Waals surface area contributed by atoms with Gasteiger partial charge in [0.05, 0.1) is 17.8 Å². The molecular weight excluding hydrogens is 314 g/mol. The molecule has 3 aromatic rings. The Morgan fingerprint density at radius 2 is 1.60 bits per heavy atom. The first-order valence-corrected chi connectivity index (χ1v) is 7.92. The van der Waals surface area contributed by atoms with Crippen LogP contribution in [0.1, 0.15) is 22.7 Å². The van der Waals surface area contributed by atoms with Gasteiger partial charge in [-0.1, -0.05) is 42.5 Å². The number of amides is 1. The summed E-state index contributed by atoms with van der Waals surface area (Å²) in [5.74, 6) is 0.697. The molecule has 5 heteroatoms. The van der Waals surface area contributed by atoms with Crippen LogP contribution in [0.25, 0.3) is 0 Å². The van der Waals surface area contributed by atoms with E-state index in [9.17, 15) is 4.79 Å². The molecule has 0 fully saturated rings. The van der Waals surface area contributed by atoms with E-state index in [-0.39, 0.29) is 5.91 Å². The van der Waals surface area contributed by atoms with Crippen LogP contribution < -0.4 is 10.2 Å². The van der Waals surface area contributed by atoms with Crippen molar-refractivity contribution in [2.75, 3.05) is 0 Å². The van der Waals surface area contributed by atoms with Crippen LogP contribution in [0, 0.1) is 0 Å². The molecule has 0 aliphatic carbocycles. The molecule has 122 valence electrons. The molecule has 1 amide bonds. The van der Waals surface area contributed by atoms with Crippen molar-refractivity contribution in [2.45, 2.75) is 5.92 Å². The third-order valence-corrected chi connectivity index (χ3v) is 4.00. The maximum absolute atomic E-state index is 12.8. The second-order valence-corrected chi connectivity index (χ2v) is 5.60. The van der Waals surface area contributed by atoms with Crippen LogP contribution in [0.2, 0.25) is 0 Å². The van der Waals surface area contributed by atoms with E-state index >= 15 is 0 Å². The molecule has 1 aliphatic rings. The Hall–Kier alpha value is -3.47. The van der Waals surface area contributed by atoms with E-state index in [0.717, 1.165) is 11.1 Å². The Balaban J connectivity index is 1.63. The fraction of sp³-hybridized carbons (Fsp3) is 0.0500. The Bertz CT molecular complexity index is 893. The molecule has 4 rings (SSSR count). The lowest BCUT2D eigenvalue weighted by Crippen LogP contribution is -2.28. The number of nitrogens with zero attached hydrogens (tertiary/aromatic N) is 2. The third-order valence-electron chi connectivity index (χ3n) is 4.00. The summed E-state index contributed by atoms with van der Waals surface area (Å²) < 4.78 is 5.90. The minimum Gasteiger partial charge on any atom is -0.457 e. The summed E-state index contributed by atoms with van der Waals surface area (Å²) in [5.41, 5.74) is 4.95. The van der Waals surface area contributed by atoms with Gasteiger partial charge in [-0.3, -0.25) is 9.78 Å². The highest BCUT2D eigenvalue weighted by Crippen LogP contribution is 2.43. The minimum atomic E-state index is -0.470. The number of fused-ring (bicyclic) bond motifs is 2. The number of pyridine rings is 1. The molecule has 0 unspecified atom stereocenters. The summed E-state index contributed by atoms with van der Waals surface area (Å²) in [4.78, 5) is 17.0. The van der Waals surface area contributed by atoms with Gasteiger partial charge in [0.1, 0.15) is 11.5 Å². The number of aromatic nitrogens is 1. The molecular formula is C20H15N3O2. The van der Waals surface area contributed by atoms with Crippen LogP contribution in [-0.4, -0.2) is 17.1 Å². The highest BCUT2D eigenvalue weighted by atomic mass is 16.5. The predicted octanol–water partition coefficient (Wildman–Crippen LogP) is 3.47. The number of nitrogens with one attached hydrogen (secondary N) is 1. The molecule has 25 heavy (non-hydrogen) atoms. The second-order valence-electron chi connectivity index (χ2n) is 5.60. The number of benzene rings is 2. The first-order chi connectivity index (χ1) is 12.3. The van der Waals surface area contributed by atoms with E-state index in [1.54, 1.807) is 6.20 Å². The van der Waals surface area contributed by atoms with Crippen molar-refractivity contribution in [2.24, 2.45) is 5.10 Å². The fourth-order valence-corrected chi connectivity index (χ4v) is 2.87. The molecule has 2 heterocycles. The molecule has 2 aromatic carbocycles. The third kappa shape index (κ3) is 2.99. The zero-order valence-corrected chi connectivity index (χ0v) is 13.3. The number of ether oxygens (including phenoxy) is 1. The molecule has 1 aliphatic heterocycles. The summed E-state index contributed by atoms with van der Waals surface area (Å²) in [6.07, 6.45) is 3.20. The molecule has 0 spiro atoms. The van der Waals surface area contributed by atoms with Gasteiger partial charge < -0.3 is 4.74 Å². The lowest BCUT2D eigenvalue weighted by Gasteiger charge is -2.26. The Labute approximate surface area is 145 Å². The zero-order chi connectivity index (χ0) is 17.1. The Morgan fingerprint density at radius 1 is 0.960 bits per heavy atom. The highest BCUT2D eigenvalue weighted by molar-refractivity contribution is 5.90. The summed E-state index contributed by atoms with van der Waals surface area (Å²) in [6.45, 7) is 0. The average molecular weight is 329 g/mol. The number of carbonyl (C=O) groups excluding carboxylic acids is 1. The lowest BCUT2D eigenvalue weighted by molar-refractivity contribution is -0.121. The van der Waals surface area contributed by atoms with Gasteiger partial charge >= 0.3 is 0 Å². The van der Waals surface area contributed by atoms with Crippen molar-refractivity contribution in [3.05, 3.63) is 89.7 Å². The van der Waals surface area contributed by atoms with E-state index in [1.807, 2.05) is 66.7 Å². The fourth-order valence-electron chi connectivity index (χ4n) is 2.87. The first-order valence-electron chi connectivity index (χ1n) is 7.92.